The molecule has 0 saturated heterocycles. The molecule has 0 radical (unpaired) electrons. The Balaban J connectivity index is 1.29. The van der Waals surface area contributed by atoms with Gasteiger partial charge in [-0.1, -0.05) is 164 Å². The standard InChI is InChI=1S/C52H32O/c1-3-15-33(16-4-1)35-27-28-48-46(30-35)51-47(31-37-20-8-10-22-40(37)52(51)53-48)50-43-25-13-11-23-41(43)49(42-24-12-14-26-44(42)50)45-32-38(34-17-5-2-6-18-34)29-36-19-7-9-21-39(36)45/h1-32H. The average Bonchev–Trinajstić information content (AvgIpc) is 3.62. The van der Waals surface area contributed by atoms with Crippen LogP contribution in [0.25, 0.3) is 110 Å². The van der Waals surface area contributed by atoms with Gasteiger partial charge in [-0.15, -0.1) is 0 Å². The summed E-state index contributed by atoms with van der Waals surface area (Å²) in [6.07, 6.45) is 0. The average molecular weight is 673 g/mol. The number of benzene rings is 10. The summed E-state index contributed by atoms with van der Waals surface area (Å²) in [4.78, 5) is 0. The smallest absolute Gasteiger partial charge is 0.143 e. The van der Waals surface area contributed by atoms with Gasteiger partial charge in [-0.2, -0.15) is 0 Å². The van der Waals surface area contributed by atoms with Crippen LogP contribution in [-0.2, 0) is 0 Å². The van der Waals surface area contributed by atoms with Crippen molar-refractivity contribution in [1.82, 2.24) is 0 Å². The maximum Gasteiger partial charge on any atom is 0.143 e. The second-order valence-corrected chi connectivity index (χ2v) is 14.0. The van der Waals surface area contributed by atoms with E-state index >= 15 is 0 Å². The van der Waals surface area contributed by atoms with Crippen LogP contribution in [0.15, 0.2) is 199 Å². The molecule has 0 unspecified atom stereocenters. The first-order valence-electron chi connectivity index (χ1n) is 18.3. The van der Waals surface area contributed by atoms with E-state index in [0.29, 0.717) is 0 Å². The van der Waals surface area contributed by atoms with Gasteiger partial charge in [0.15, 0.2) is 0 Å². The molecule has 11 aromatic rings. The van der Waals surface area contributed by atoms with Gasteiger partial charge in [0.2, 0.25) is 0 Å². The van der Waals surface area contributed by atoms with Crippen molar-refractivity contribution in [1.29, 1.82) is 0 Å². The van der Waals surface area contributed by atoms with Crippen molar-refractivity contribution in [2.75, 3.05) is 0 Å². The van der Waals surface area contributed by atoms with E-state index in [1.54, 1.807) is 0 Å². The Labute approximate surface area is 307 Å². The fourth-order valence-corrected chi connectivity index (χ4v) is 8.64. The lowest BCUT2D eigenvalue weighted by Crippen LogP contribution is -1.93. The van der Waals surface area contributed by atoms with Crippen molar-refractivity contribution in [3.63, 3.8) is 0 Å². The summed E-state index contributed by atoms with van der Waals surface area (Å²) in [6.45, 7) is 0. The predicted octanol–water partition coefficient (Wildman–Crippen LogP) is 14.9. The van der Waals surface area contributed by atoms with E-state index < -0.39 is 0 Å². The molecule has 10 aromatic carbocycles. The molecule has 0 bridgehead atoms. The van der Waals surface area contributed by atoms with Gasteiger partial charge in [-0.3, -0.25) is 0 Å². The first kappa shape index (κ1) is 29.7. The molecule has 1 heteroatoms. The zero-order chi connectivity index (χ0) is 34.9. The SMILES string of the molecule is c1ccc(-c2cc(-c3c4ccccc4c(-c4cc5ccccc5c5oc6ccc(-c7ccccc7)cc6c45)c4ccccc34)c3ccccc3c2)cc1. The second kappa shape index (κ2) is 11.8. The van der Waals surface area contributed by atoms with Crippen molar-refractivity contribution >= 4 is 65.0 Å². The Morgan fingerprint density at radius 3 is 1.40 bits per heavy atom. The molecular formula is C52H32O. The number of fused-ring (bicyclic) bond motifs is 8. The Morgan fingerprint density at radius 2 is 0.774 bits per heavy atom. The first-order chi connectivity index (χ1) is 26.3. The van der Waals surface area contributed by atoms with Crippen LogP contribution in [0.5, 0.6) is 0 Å². The highest BCUT2D eigenvalue weighted by Crippen LogP contribution is 2.50. The van der Waals surface area contributed by atoms with Gasteiger partial charge in [-0.05, 0) is 113 Å². The molecule has 0 aliphatic rings. The molecule has 0 spiro atoms. The summed E-state index contributed by atoms with van der Waals surface area (Å²) >= 11 is 0. The summed E-state index contributed by atoms with van der Waals surface area (Å²) in [7, 11) is 0. The number of rotatable bonds is 4. The molecule has 0 saturated carbocycles. The number of furan rings is 1. The maximum absolute atomic E-state index is 6.84. The molecule has 1 heterocycles. The lowest BCUT2D eigenvalue weighted by molar-refractivity contribution is 0.673. The summed E-state index contributed by atoms with van der Waals surface area (Å²) in [6, 6.07) is 70.5. The third-order valence-corrected chi connectivity index (χ3v) is 11.0. The summed E-state index contributed by atoms with van der Waals surface area (Å²) in [5.74, 6) is 0. The normalized spacial score (nSPS) is 11.8. The Morgan fingerprint density at radius 1 is 0.283 bits per heavy atom. The number of hydrogen-bond donors (Lipinski definition) is 0. The van der Waals surface area contributed by atoms with Crippen LogP contribution in [0.3, 0.4) is 0 Å². The van der Waals surface area contributed by atoms with Crippen LogP contribution < -0.4 is 0 Å². The van der Waals surface area contributed by atoms with Crippen LogP contribution in [0, 0.1) is 0 Å². The van der Waals surface area contributed by atoms with Crippen molar-refractivity contribution in [2.24, 2.45) is 0 Å². The molecular weight excluding hydrogens is 641 g/mol. The molecule has 0 fully saturated rings. The van der Waals surface area contributed by atoms with Gasteiger partial charge in [0.1, 0.15) is 11.2 Å². The first-order valence-corrected chi connectivity index (χ1v) is 18.3. The molecule has 0 aliphatic heterocycles. The molecule has 11 rings (SSSR count). The summed E-state index contributed by atoms with van der Waals surface area (Å²) in [5.41, 5.74) is 11.5. The van der Waals surface area contributed by atoms with E-state index in [-0.39, 0.29) is 0 Å². The largest absolute Gasteiger partial charge is 0.455 e. The lowest BCUT2D eigenvalue weighted by Gasteiger charge is -2.20. The third-order valence-electron chi connectivity index (χ3n) is 11.0. The van der Waals surface area contributed by atoms with Crippen LogP contribution in [-0.4, -0.2) is 0 Å². The van der Waals surface area contributed by atoms with Crippen LogP contribution >= 0.6 is 0 Å². The highest BCUT2D eigenvalue weighted by Gasteiger charge is 2.23. The van der Waals surface area contributed by atoms with E-state index in [9.17, 15) is 0 Å². The van der Waals surface area contributed by atoms with Gasteiger partial charge >= 0.3 is 0 Å². The van der Waals surface area contributed by atoms with E-state index in [0.717, 1.165) is 32.7 Å². The van der Waals surface area contributed by atoms with Gasteiger partial charge in [0, 0.05) is 16.2 Å². The molecule has 0 atom stereocenters. The third kappa shape index (κ3) is 4.64. The maximum atomic E-state index is 6.84. The Bertz CT molecular complexity index is 3150. The Kier molecular flexibility index (Phi) is 6.62. The van der Waals surface area contributed by atoms with Gasteiger partial charge in [0.25, 0.3) is 0 Å². The van der Waals surface area contributed by atoms with E-state index in [4.69, 9.17) is 4.42 Å². The monoisotopic (exact) mass is 672 g/mol. The summed E-state index contributed by atoms with van der Waals surface area (Å²) < 4.78 is 6.84. The molecule has 0 aliphatic carbocycles. The minimum Gasteiger partial charge on any atom is -0.455 e. The molecule has 1 aromatic heterocycles. The van der Waals surface area contributed by atoms with Crippen LogP contribution in [0.1, 0.15) is 0 Å². The van der Waals surface area contributed by atoms with Crippen molar-refractivity contribution in [3.05, 3.63) is 194 Å². The van der Waals surface area contributed by atoms with Gasteiger partial charge < -0.3 is 4.42 Å². The van der Waals surface area contributed by atoms with E-state index in [2.05, 4.69) is 194 Å². The van der Waals surface area contributed by atoms with E-state index in [1.165, 1.54) is 76.8 Å². The fourth-order valence-electron chi connectivity index (χ4n) is 8.64. The molecule has 53 heavy (non-hydrogen) atoms. The minimum atomic E-state index is 0.895. The number of hydrogen-bond acceptors (Lipinski definition) is 1. The molecule has 1 nitrogen and oxygen atoms in total. The second-order valence-electron chi connectivity index (χ2n) is 14.0. The molecule has 0 N–H and O–H groups in total. The van der Waals surface area contributed by atoms with Crippen molar-refractivity contribution in [3.8, 4) is 44.5 Å². The van der Waals surface area contributed by atoms with E-state index in [1.807, 2.05) is 0 Å². The van der Waals surface area contributed by atoms with Crippen molar-refractivity contribution < 1.29 is 4.42 Å². The summed E-state index contributed by atoms with van der Waals surface area (Å²) in [5, 5.41) is 12.0. The minimum absolute atomic E-state index is 0.895. The van der Waals surface area contributed by atoms with Crippen LogP contribution in [0.4, 0.5) is 0 Å². The highest BCUT2D eigenvalue weighted by atomic mass is 16.3. The zero-order valence-electron chi connectivity index (χ0n) is 28.9. The lowest BCUT2D eigenvalue weighted by atomic mass is 9.82. The Hall–Kier alpha value is -6.96. The molecule has 246 valence electrons. The van der Waals surface area contributed by atoms with Gasteiger partial charge in [0.05, 0.1) is 0 Å². The fraction of sp³-hybridized carbons (Fsp3) is 0. The molecule has 0 amide bonds. The quantitative estimate of drug-likeness (QED) is 0.170. The van der Waals surface area contributed by atoms with Crippen molar-refractivity contribution in [2.45, 2.75) is 0 Å². The zero-order valence-corrected chi connectivity index (χ0v) is 28.9. The predicted molar refractivity (Wildman–Crippen MR) is 225 cm³/mol. The van der Waals surface area contributed by atoms with Gasteiger partial charge in [-0.25, -0.2) is 0 Å². The highest BCUT2D eigenvalue weighted by molar-refractivity contribution is 6.29. The van der Waals surface area contributed by atoms with Crippen LogP contribution in [0.2, 0.25) is 0 Å². The topological polar surface area (TPSA) is 13.1 Å².